The van der Waals surface area contributed by atoms with E-state index in [0.717, 1.165) is 35.4 Å². The Morgan fingerprint density at radius 2 is 2.14 bits per heavy atom. The van der Waals surface area contributed by atoms with Crippen LogP contribution in [0.2, 0.25) is 0 Å². The number of thiazole rings is 1. The van der Waals surface area contributed by atoms with E-state index < -0.39 is 0 Å². The molecule has 1 fully saturated rings. The van der Waals surface area contributed by atoms with Gasteiger partial charge in [-0.1, -0.05) is 24.3 Å². The van der Waals surface area contributed by atoms with Crippen LogP contribution in [0.25, 0.3) is 11.3 Å². The third-order valence-electron chi connectivity index (χ3n) is 4.72. The standard InChI is InChI=1S/C20H23N3O4S/c1-27-12-19(25)23-8-2-3-16(10-23)20(26)21-9-18-22-17(13-28-18)15-6-4-14(11-24)5-7-15/h4-7,11,13,16H,2-3,8-10,12H2,1H3,(H,21,26)/t16-/m0/s1. The average molecular weight is 401 g/mol. The molecular formula is C20H23N3O4S. The van der Waals surface area contributed by atoms with Gasteiger partial charge in [-0.2, -0.15) is 0 Å². The lowest BCUT2D eigenvalue weighted by atomic mass is 9.97. The summed E-state index contributed by atoms with van der Waals surface area (Å²) in [6.45, 7) is 1.51. The normalized spacial score (nSPS) is 16.6. The van der Waals surface area contributed by atoms with Crippen LogP contribution in [0.1, 0.15) is 28.2 Å². The van der Waals surface area contributed by atoms with E-state index in [-0.39, 0.29) is 24.3 Å². The maximum atomic E-state index is 12.5. The molecule has 1 aliphatic rings. The zero-order valence-corrected chi connectivity index (χ0v) is 16.5. The largest absolute Gasteiger partial charge is 0.375 e. The topological polar surface area (TPSA) is 88.6 Å². The van der Waals surface area contributed by atoms with Crippen LogP contribution in [-0.2, 0) is 20.9 Å². The molecule has 7 nitrogen and oxygen atoms in total. The number of aldehydes is 1. The molecule has 0 bridgehead atoms. The molecule has 1 aliphatic heterocycles. The Morgan fingerprint density at radius 3 is 2.86 bits per heavy atom. The van der Waals surface area contributed by atoms with Gasteiger partial charge in [0.2, 0.25) is 11.8 Å². The molecule has 0 radical (unpaired) electrons. The van der Waals surface area contributed by atoms with Crippen molar-refractivity contribution in [3.63, 3.8) is 0 Å². The summed E-state index contributed by atoms with van der Waals surface area (Å²) in [6.07, 6.45) is 2.39. The van der Waals surface area contributed by atoms with Crippen molar-refractivity contribution in [2.75, 3.05) is 26.8 Å². The highest BCUT2D eigenvalue weighted by molar-refractivity contribution is 7.09. The quantitative estimate of drug-likeness (QED) is 0.718. The molecular weight excluding hydrogens is 378 g/mol. The summed E-state index contributed by atoms with van der Waals surface area (Å²) in [6, 6.07) is 7.22. The van der Waals surface area contributed by atoms with Crippen LogP contribution in [0.3, 0.4) is 0 Å². The Balaban J connectivity index is 1.53. The van der Waals surface area contributed by atoms with E-state index in [2.05, 4.69) is 10.3 Å². The number of piperidine rings is 1. The van der Waals surface area contributed by atoms with E-state index in [9.17, 15) is 14.4 Å². The van der Waals surface area contributed by atoms with Crippen LogP contribution in [-0.4, -0.2) is 54.8 Å². The van der Waals surface area contributed by atoms with Gasteiger partial charge in [-0.05, 0) is 12.8 Å². The number of ether oxygens (including phenoxy) is 1. The molecule has 8 heteroatoms. The molecule has 28 heavy (non-hydrogen) atoms. The van der Waals surface area contributed by atoms with Crippen molar-refractivity contribution < 1.29 is 19.1 Å². The molecule has 1 aromatic carbocycles. The van der Waals surface area contributed by atoms with Gasteiger partial charge in [-0.3, -0.25) is 14.4 Å². The fraction of sp³-hybridized carbons (Fsp3) is 0.400. The predicted octanol–water partition coefficient (Wildman–Crippen LogP) is 2.12. The van der Waals surface area contributed by atoms with Crippen LogP contribution >= 0.6 is 11.3 Å². The predicted molar refractivity (Wildman–Crippen MR) is 106 cm³/mol. The second-order valence-corrected chi connectivity index (χ2v) is 7.64. The highest BCUT2D eigenvalue weighted by Crippen LogP contribution is 2.22. The molecule has 0 saturated carbocycles. The lowest BCUT2D eigenvalue weighted by Crippen LogP contribution is -2.46. The molecule has 2 heterocycles. The fourth-order valence-electron chi connectivity index (χ4n) is 3.20. The van der Waals surface area contributed by atoms with E-state index in [1.165, 1.54) is 18.4 Å². The highest BCUT2D eigenvalue weighted by atomic mass is 32.1. The van der Waals surface area contributed by atoms with Gasteiger partial charge in [0.15, 0.2) is 0 Å². The van der Waals surface area contributed by atoms with Crippen molar-refractivity contribution in [3.8, 4) is 11.3 Å². The second kappa shape index (κ2) is 9.57. The molecule has 1 N–H and O–H groups in total. The average Bonchev–Trinajstić information content (AvgIpc) is 3.21. The highest BCUT2D eigenvalue weighted by Gasteiger charge is 2.28. The van der Waals surface area contributed by atoms with Crippen molar-refractivity contribution in [2.24, 2.45) is 5.92 Å². The van der Waals surface area contributed by atoms with Crippen LogP contribution in [0, 0.1) is 5.92 Å². The summed E-state index contributed by atoms with van der Waals surface area (Å²) < 4.78 is 4.89. The van der Waals surface area contributed by atoms with Gasteiger partial charge in [-0.25, -0.2) is 4.98 Å². The molecule has 3 rings (SSSR count). The molecule has 0 unspecified atom stereocenters. The maximum Gasteiger partial charge on any atom is 0.248 e. The first kappa shape index (κ1) is 20.2. The van der Waals surface area contributed by atoms with E-state index in [1.807, 2.05) is 17.5 Å². The van der Waals surface area contributed by atoms with Gasteiger partial charge < -0.3 is 15.0 Å². The first-order valence-corrected chi connectivity index (χ1v) is 10.0. The minimum Gasteiger partial charge on any atom is -0.375 e. The third-order valence-corrected chi connectivity index (χ3v) is 5.57. The zero-order valence-electron chi connectivity index (χ0n) is 15.7. The SMILES string of the molecule is COCC(=O)N1CCC[C@H](C(=O)NCc2nc(-c3ccc(C=O)cc3)cs2)C1. The van der Waals surface area contributed by atoms with Crippen LogP contribution in [0.5, 0.6) is 0 Å². The maximum absolute atomic E-state index is 12.5. The summed E-state index contributed by atoms with van der Waals surface area (Å²) in [5.41, 5.74) is 2.37. The second-order valence-electron chi connectivity index (χ2n) is 6.70. The Bertz CT molecular complexity index is 834. The fourth-order valence-corrected chi connectivity index (χ4v) is 3.94. The lowest BCUT2D eigenvalue weighted by Gasteiger charge is -2.31. The summed E-state index contributed by atoms with van der Waals surface area (Å²) in [7, 11) is 1.49. The number of rotatable bonds is 7. The molecule has 1 saturated heterocycles. The number of carbonyl (C=O) groups is 3. The van der Waals surface area contributed by atoms with Gasteiger partial charge in [0.1, 0.15) is 17.9 Å². The lowest BCUT2D eigenvalue weighted by molar-refractivity contribution is -0.139. The Morgan fingerprint density at radius 1 is 1.36 bits per heavy atom. The monoisotopic (exact) mass is 401 g/mol. The number of amides is 2. The molecule has 2 amide bonds. The van der Waals surface area contributed by atoms with Gasteiger partial charge in [0, 0.05) is 36.7 Å². The van der Waals surface area contributed by atoms with Gasteiger partial charge in [-0.15, -0.1) is 11.3 Å². The van der Waals surface area contributed by atoms with Gasteiger partial charge in [0.05, 0.1) is 18.2 Å². The summed E-state index contributed by atoms with van der Waals surface area (Å²) >= 11 is 1.48. The number of carbonyl (C=O) groups excluding carboxylic acids is 3. The Hall–Kier alpha value is -2.58. The number of benzene rings is 1. The van der Waals surface area contributed by atoms with E-state index >= 15 is 0 Å². The summed E-state index contributed by atoms with van der Waals surface area (Å²) in [5.74, 6) is -0.336. The van der Waals surface area contributed by atoms with Crippen molar-refractivity contribution in [2.45, 2.75) is 19.4 Å². The van der Waals surface area contributed by atoms with Crippen LogP contribution in [0.15, 0.2) is 29.6 Å². The number of nitrogens with zero attached hydrogens (tertiary/aromatic N) is 2. The van der Waals surface area contributed by atoms with Crippen LogP contribution in [0.4, 0.5) is 0 Å². The molecule has 0 aliphatic carbocycles. The van der Waals surface area contributed by atoms with Crippen molar-refractivity contribution in [1.29, 1.82) is 0 Å². The number of aromatic nitrogens is 1. The smallest absolute Gasteiger partial charge is 0.248 e. The number of methoxy groups -OCH3 is 1. The molecule has 0 spiro atoms. The van der Waals surface area contributed by atoms with E-state index in [1.54, 1.807) is 17.0 Å². The first-order chi connectivity index (χ1) is 13.6. The van der Waals surface area contributed by atoms with Crippen molar-refractivity contribution in [1.82, 2.24) is 15.2 Å². The summed E-state index contributed by atoms with van der Waals surface area (Å²) in [5, 5.41) is 5.68. The number of nitrogens with one attached hydrogen (secondary N) is 1. The van der Waals surface area contributed by atoms with Gasteiger partial charge in [0.25, 0.3) is 0 Å². The van der Waals surface area contributed by atoms with E-state index in [0.29, 0.717) is 25.2 Å². The van der Waals surface area contributed by atoms with Crippen LogP contribution < -0.4 is 5.32 Å². The Labute approximate surface area is 167 Å². The van der Waals surface area contributed by atoms with E-state index in [4.69, 9.17) is 4.74 Å². The minimum atomic E-state index is -0.204. The molecule has 148 valence electrons. The number of likely N-dealkylation sites (tertiary alicyclic amines) is 1. The number of hydrogen-bond donors (Lipinski definition) is 1. The third kappa shape index (κ3) is 5.02. The summed E-state index contributed by atoms with van der Waals surface area (Å²) in [4.78, 5) is 41.5. The van der Waals surface area contributed by atoms with Gasteiger partial charge >= 0.3 is 0 Å². The van der Waals surface area contributed by atoms with Crippen molar-refractivity contribution in [3.05, 3.63) is 40.2 Å². The van der Waals surface area contributed by atoms with Crippen molar-refractivity contribution >= 4 is 29.4 Å². The number of hydrogen-bond acceptors (Lipinski definition) is 6. The Kier molecular flexibility index (Phi) is 6.89. The molecule has 1 aromatic heterocycles. The molecule has 2 aromatic rings. The molecule has 1 atom stereocenters. The minimum absolute atomic E-state index is 0.0457. The zero-order chi connectivity index (χ0) is 19.9. The first-order valence-electron chi connectivity index (χ1n) is 9.15.